The number of piperazine rings is 1. The van der Waals surface area contributed by atoms with E-state index in [1.807, 2.05) is 0 Å². The smallest absolute Gasteiger partial charge is 0.227 e. The topological polar surface area (TPSA) is 26.8 Å². The molecule has 4 heteroatoms. The van der Waals surface area contributed by atoms with Gasteiger partial charge >= 0.3 is 0 Å². The van der Waals surface area contributed by atoms with Crippen LogP contribution in [-0.2, 0) is 4.79 Å². The van der Waals surface area contributed by atoms with Gasteiger partial charge in [0.25, 0.3) is 0 Å². The number of carbonyl (C=O) groups excluding carboxylic acids is 1. The maximum absolute atomic E-state index is 12.5. The molecule has 4 nitrogen and oxygen atoms in total. The largest absolute Gasteiger partial charge is 0.340 e. The van der Waals surface area contributed by atoms with E-state index >= 15 is 0 Å². The Morgan fingerprint density at radius 1 is 1.11 bits per heavy atom. The van der Waals surface area contributed by atoms with E-state index in [9.17, 15) is 4.79 Å². The molecule has 0 aromatic heterocycles. The maximum Gasteiger partial charge on any atom is 0.227 e. The Morgan fingerprint density at radius 3 is 2.32 bits per heavy atom. The fourth-order valence-electron chi connectivity index (χ4n) is 3.25. The summed E-state index contributed by atoms with van der Waals surface area (Å²) in [6.07, 6.45) is 1.05. The van der Waals surface area contributed by atoms with Gasteiger partial charge in [0, 0.05) is 39.3 Å². The molecule has 1 atom stereocenters. The zero-order valence-electron chi connectivity index (χ0n) is 12.8. The minimum Gasteiger partial charge on any atom is -0.340 e. The van der Waals surface area contributed by atoms with Gasteiger partial charge in [0.2, 0.25) is 5.91 Å². The molecule has 0 aromatic carbocycles. The van der Waals surface area contributed by atoms with E-state index in [4.69, 9.17) is 0 Å². The zero-order valence-corrected chi connectivity index (χ0v) is 12.8. The van der Waals surface area contributed by atoms with Crippen LogP contribution in [0.2, 0.25) is 0 Å². The lowest BCUT2D eigenvalue weighted by Gasteiger charge is -2.36. The highest BCUT2D eigenvalue weighted by molar-refractivity contribution is 5.79. The van der Waals surface area contributed by atoms with Crippen LogP contribution in [0, 0.1) is 11.8 Å². The third-order valence-corrected chi connectivity index (χ3v) is 4.38. The number of nitrogens with zero attached hydrogens (tertiary/aromatic N) is 3. The molecule has 0 unspecified atom stereocenters. The van der Waals surface area contributed by atoms with Gasteiger partial charge in [-0.05, 0) is 25.4 Å². The second kappa shape index (κ2) is 6.71. The minimum absolute atomic E-state index is 0.261. The Kier molecular flexibility index (Phi) is 5.22. The molecule has 2 saturated heterocycles. The molecule has 0 aromatic rings. The molecule has 110 valence electrons. The van der Waals surface area contributed by atoms with Crippen molar-refractivity contribution in [1.29, 1.82) is 0 Å². The quantitative estimate of drug-likeness (QED) is 0.764. The van der Waals surface area contributed by atoms with Crippen molar-refractivity contribution >= 4 is 5.91 Å². The average Bonchev–Trinajstić information content (AvgIpc) is 2.87. The predicted molar refractivity (Wildman–Crippen MR) is 78.1 cm³/mol. The first-order chi connectivity index (χ1) is 9.10. The van der Waals surface area contributed by atoms with Crippen LogP contribution < -0.4 is 0 Å². The first kappa shape index (κ1) is 14.8. The van der Waals surface area contributed by atoms with Crippen molar-refractivity contribution in [3.8, 4) is 0 Å². The summed E-state index contributed by atoms with van der Waals surface area (Å²) in [4.78, 5) is 19.4. The summed E-state index contributed by atoms with van der Waals surface area (Å²) < 4.78 is 0. The number of hydrogen-bond acceptors (Lipinski definition) is 3. The van der Waals surface area contributed by atoms with E-state index in [0.29, 0.717) is 5.91 Å². The van der Waals surface area contributed by atoms with E-state index in [1.54, 1.807) is 0 Å². The van der Waals surface area contributed by atoms with Crippen molar-refractivity contribution < 1.29 is 4.79 Å². The average molecular weight is 267 g/mol. The lowest BCUT2D eigenvalue weighted by Crippen LogP contribution is -2.51. The molecule has 1 amide bonds. The molecule has 19 heavy (non-hydrogen) atoms. The van der Waals surface area contributed by atoms with Crippen LogP contribution in [-0.4, -0.2) is 73.0 Å². The summed E-state index contributed by atoms with van der Waals surface area (Å²) in [5.74, 6) is 1.38. The van der Waals surface area contributed by atoms with E-state index < -0.39 is 0 Å². The summed E-state index contributed by atoms with van der Waals surface area (Å²) in [7, 11) is 0. The van der Waals surface area contributed by atoms with Gasteiger partial charge in [0.15, 0.2) is 0 Å². The van der Waals surface area contributed by atoms with Crippen LogP contribution in [0.5, 0.6) is 0 Å². The Bertz CT molecular complexity index is 298. The highest BCUT2D eigenvalue weighted by Gasteiger charge is 2.32. The number of carbonyl (C=O) groups is 1. The molecule has 2 heterocycles. The monoisotopic (exact) mass is 267 g/mol. The molecule has 0 N–H and O–H groups in total. The molecule has 2 rings (SSSR count). The Balaban J connectivity index is 1.76. The molecule has 2 fully saturated rings. The fraction of sp³-hybridized carbons (Fsp3) is 0.933. The third kappa shape index (κ3) is 3.93. The lowest BCUT2D eigenvalue weighted by atomic mass is 10.1. The Labute approximate surface area is 117 Å². The zero-order chi connectivity index (χ0) is 13.8. The number of likely N-dealkylation sites (tertiary alicyclic amines) is 1. The van der Waals surface area contributed by atoms with Gasteiger partial charge in [-0.15, -0.1) is 0 Å². The number of hydrogen-bond donors (Lipinski definition) is 0. The second-order valence-corrected chi connectivity index (χ2v) is 6.40. The van der Waals surface area contributed by atoms with E-state index in [0.717, 1.165) is 64.7 Å². The summed E-state index contributed by atoms with van der Waals surface area (Å²) in [5, 5.41) is 0. The predicted octanol–water partition coefficient (Wildman–Crippen LogP) is 1.13. The van der Waals surface area contributed by atoms with Crippen LogP contribution in [0.15, 0.2) is 0 Å². The SMILES string of the molecule is CCN1CC[C@@H](C(=O)N2CCN(CC(C)C)CC2)C1. The van der Waals surface area contributed by atoms with Gasteiger partial charge in [-0.25, -0.2) is 0 Å². The Morgan fingerprint density at radius 2 is 1.79 bits per heavy atom. The standard InChI is InChI=1S/C15H29N3O/c1-4-16-6-5-14(12-16)15(19)18-9-7-17(8-10-18)11-13(2)3/h13-14H,4-12H2,1-3H3/t14-/m1/s1. The first-order valence-corrected chi connectivity index (χ1v) is 7.83. The molecular formula is C15H29N3O. The molecule has 2 aliphatic rings. The maximum atomic E-state index is 12.5. The van der Waals surface area contributed by atoms with Gasteiger partial charge in [0.05, 0.1) is 5.92 Å². The van der Waals surface area contributed by atoms with Crippen LogP contribution in [0.1, 0.15) is 27.2 Å². The van der Waals surface area contributed by atoms with Gasteiger partial charge in [-0.3, -0.25) is 9.69 Å². The fourth-order valence-corrected chi connectivity index (χ4v) is 3.25. The molecule has 0 aliphatic carbocycles. The number of rotatable bonds is 4. The molecule has 0 radical (unpaired) electrons. The lowest BCUT2D eigenvalue weighted by molar-refractivity contribution is -0.136. The van der Waals surface area contributed by atoms with Gasteiger partial charge in [0.1, 0.15) is 0 Å². The van der Waals surface area contributed by atoms with Gasteiger partial charge in [-0.2, -0.15) is 0 Å². The second-order valence-electron chi connectivity index (χ2n) is 6.40. The van der Waals surface area contributed by atoms with Crippen LogP contribution in [0.4, 0.5) is 0 Å². The van der Waals surface area contributed by atoms with Crippen LogP contribution >= 0.6 is 0 Å². The summed E-state index contributed by atoms with van der Waals surface area (Å²) in [6.45, 7) is 15.0. The Hall–Kier alpha value is -0.610. The van der Waals surface area contributed by atoms with Crippen molar-refractivity contribution in [2.75, 3.05) is 52.4 Å². The number of amides is 1. The third-order valence-electron chi connectivity index (χ3n) is 4.38. The van der Waals surface area contributed by atoms with E-state index in [-0.39, 0.29) is 5.92 Å². The van der Waals surface area contributed by atoms with Gasteiger partial charge in [-0.1, -0.05) is 20.8 Å². The van der Waals surface area contributed by atoms with Crippen molar-refractivity contribution in [2.24, 2.45) is 11.8 Å². The summed E-state index contributed by atoms with van der Waals surface area (Å²) in [6, 6.07) is 0. The summed E-state index contributed by atoms with van der Waals surface area (Å²) in [5.41, 5.74) is 0. The van der Waals surface area contributed by atoms with Gasteiger partial charge < -0.3 is 9.80 Å². The minimum atomic E-state index is 0.261. The molecule has 0 bridgehead atoms. The first-order valence-electron chi connectivity index (χ1n) is 7.83. The molecular weight excluding hydrogens is 238 g/mol. The van der Waals surface area contributed by atoms with Crippen molar-refractivity contribution in [3.05, 3.63) is 0 Å². The normalized spacial score (nSPS) is 26.3. The molecule has 0 saturated carbocycles. The van der Waals surface area contributed by atoms with Crippen LogP contribution in [0.25, 0.3) is 0 Å². The summed E-state index contributed by atoms with van der Waals surface area (Å²) >= 11 is 0. The highest BCUT2D eigenvalue weighted by atomic mass is 16.2. The highest BCUT2D eigenvalue weighted by Crippen LogP contribution is 2.19. The van der Waals surface area contributed by atoms with Crippen molar-refractivity contribution in [2.45, 2.75) is 27.2 Å². The van der Waals surface area contributed by atoms with Crippen molar-refractivity contribution in [3.63, 3.8) is 0 Å². The molecule has 0 spiro atoms. The van der Waals surface area contributed by atoms with Crippen LogP contribution in [0.3, 0.4) is 0 Å². The van der Waals surface area contributed by atoms with E-state index in [2.05, 4.69) is 35.5 Å². The van der Waals surface area contributed by atoms with E-state index in [1.165, 1.54) is 0 Å². The molecule has 2 aliphatic heterocycles. The van der Waals surface area contributed by atoms with Crippen molar-refractivity contribution in [1.82, 2.24) is 14.7 Å².